The van der Waals surface area contributed by atoms with Gasteiger partial charge in [-0.1, -0.05) is 6.92 Å². The van der Waals surface area contributed by atoms with Crippen molar-refractivity contribution in [3.8, 4) is 0 Å². The molecule has 0 aromatic carbocycles. The minimum atomic E-state index is -3.30. The first kappa shape index (κ1) is 19.3. The minimum absolute atomic E-state index is 0.0893. The molecule has 2 rings (SSSR count). The number of amides is 1. The Balaban J connectivity index is 1.83. The van der Waals surface area contributed by atoms with Gasteiger partial charge in [-0.2, -0.15) is 0 Å². The molecule has 1 fully saturated rings. The Morgan fingerprint density at radius 2 is 2.04 bits per heavy atom. The van der Waals surface area contributed by atoms with Crippen molar-refractivity contribution in [3.63, 3.8) is 0 Å². The number of hydrogen-bond donors (Lipinski definition) is 2. The van der Waals surface area contributed by atoms with E-state index in [4.69, 9.17) is 4.74 Å². The second-order valence-corrected chi connectivity index (χ2v) is 7.80. The van der Waals surface area contributed by atoms with Gasteiger partial charge in [-0.3, -0.25) is 4.72 Å². The molecule has 0 spiro atoms. The molecule has 1 amide bonds. The van der Waals surface area contributed by atoms with Crippen molar-refractivity contribution >= 4 is 27.6 Å². The van der Waals surface area contributed by atoms with Crippen LogP contribution in [-0.2, 0) is 14.8 Å². The summed E-state index contributed by atoms with van der Waals surface area (Å²) in [4.78, 5) is 17.6. The standard InChI is InChI=1S/C16H26N4O4S/c1-3-11-25(22,23)19-14-5-6-15(17-12-14)18-13-7-9-20(10-8-13)16(21)24-4-2/h5-6,12-13,19H,3-4,7-11H2,1-2H3,(H,17,18). The summed E-state index contributed by atoms with van der Waals surface area (Å²) in [6.45, 7) is 5.29. The molecule has 0 bridgehead atoms. The van der Waals surface area contributed by atoms with Crippen LogP contribution in [0.2, 0.25) is 0 Å². The number of carbonyl (C=O) groups excluding carboxylic acids is 1. The summed E-state index contributed by atoms with van der Waals surface area (Å²) < 4.78 is 31.0. The number of sulfonamides is 1. The van der Waals surface area contributed by atoms with E-state index >= 15 is 0 Å². The second-order valence-electron chi connectivity index (χ2n) is 5.96. The first-order valence-electron chi connectivity index (χ1n) is 8.58. The van der Waals surface area contributed by atoms with Crippen molar-refractivity contribution in [1.82, 2.24) is 9.88 Å². The highest BCUT2D eigenvalue weighted by Crippen LogP contribution is 2.17. The molecule has 1 aromatic heterocycles. The first-order valence-corrected chi connectivity index (χ1v) is 10.2. The van der Waals surface area contributed by atoms with Gasteiger partial charge in [0.05, 0.1) is 24.2 Å². The van der Waals surface area contributed by atoms with E-state index in [9.17, 15) is 13.2 Å². The smallest absolute Gasteiger partial charge is 0.409 e. The van der Waals surface area contributed by atoms with Crippen molar-refractivity contribution in [2.24, 2.45) is 0 Å². The number of likely N-dealkylation sites (tertiary alicyclic amines) is 1. The van der Waals surface area contributed by atoms with Gasteiger partial charge >= 0.3 is 6.09 Å². The molecular weight excluding hydrogens is 344 g/mol. The average Bonchev–Trinajstić information content (AvgIpc) is 2.57. The lowest BCUT2D eigenvalue weighted by atomic mass is 10.1. The fourth-order valence-electron chi connectivity index (χ4n) is 2.67. The summed E-state index contributed by atoms with van der Waals surface area (Å²) >= 11 is 0. The summed E-state index contributed by atoms with van der Waals surface area (Å²) in [5, 5.41) is 3.32. The Kier molecular flexibility index (Phi) is 6.86. The predicted octanol–water partition coefficient (Wildman–Crippen LogP) is 2.27. The van der Waals surface area contributed by atoms with E-state index in [1.165, 1.54) is 6.20 Å². The molecule has 0 atom stereocenters. The zero-order chi connectivity index (χ0) is 18.3. The second kappa shape index (κ2) is 8.89. The highest BCUT2D eigenvalue weighted by atomic mass is 32.2. The monoisotopic (exact) mass is 370 g/mol. The van der Waals surface area contributed by atoms with Gasteiger partial charge in [-0.15, -0.1) is 0 Å². The number of carbonyl (C=O) groups is 1. The van der Waals surface area contributed by atoms with Gasteiger partial charge in [0.15, 0.2) is 0 Å². The Morgan fingerprint density at radius 3 is 2.60 bits per heavy atom. The zero-order valence-corrected chi connectivity index (χ0v) is 15.5. The Labute approximate surface area is 149 Å². The number of nitrogens with zero attached hydrogens (tertiary/aromatic N) is 2. The lowest BCUT2D eigenvalue weighted by Gasteiger charge is -2.31. The molecule has 1 saturated heterocycles. The van der Waals surface area contributed by atoms with Crippen LogP contribution in [0.5, 0.6) is 0 Å². The lowest BCUT2D eigenvalue weighted by Crippen LogP contribution is -2.42. The van der Waals surface area contributed by atoms with Crippen LogP contribution in [-0.4, -0.2) is 55.9 Å². The Hall–Kier alpha value is -2.03. The lowest BCUT2D eigenvalue weighted by molar-refractivity contribution is 0.0983. The largest absolute Gasteiger partial charge is 0.450 e. The molecule has 8 nitrogen and oxygen atoms in total. The summed E-state index contributed by atoms with van der Waals surface area (Å²) in [7, 11) is -3.30. The normalized spacial score (nSPS) is 15.7. The molecule has 1 aromatic rings. The third-order valence-corrected chi connectivity index (χ3v) is 5.38. The van der Waals surface area contributed by atoms with Crippen LogP contribution in [0.15, 0.2) is 18.3 Å². The number of anilines is 2. The highest BCUT2D eigenvalue weighted by molar-refractivity contribution is 7.92. The number of piperidine rings is 1. The molecule has 2 N–H and O–H groups in total. The van der Waals surface area contributed by atoms with E-state index in [0.717, 1.165) is 12.8 Å². The number of aromatic nitrogens is 1. The van der Waals surface area contributed by atoms with Gasteiger partial charge < -0.3 is 15.0 Å². The van der Waals surface area contributed by atoms with Crippen molar-refractivity contribution < 1.29 is 17.9 Å². The average molecular weight is 370 g/mol. The molecule has 140 valence electrons. The van der Waals surface area contributed by atoms with E-state index < -0.39 is 10.0 Å². The fourth-order valence-corrected chi connectivity index (χ4v) is 3.79. The first-order chi connectivity index (χ1) is 11.9. The van der Waals surface area contributed by atoms with E-state index in [-0.39, 0.29) is 17.9 Å². The molecule has 0 saturated carbocycles. The van der Waals surface area contributed by atoms with Crippen molar-refractivity contribution in [2.75, 3.05) is 35.5 Å². The van der Waals surface area contributed by atoms with Crippen molar-refractivity contribution in [1.29, 1.82) is 0 Å². The van der Waals surface area contributed by atoms with Gasteiger partial charge in [0.25, 0.3) is 0 Å². The molecule has 2 heterocycles. The molecule has 1 aliphatic heterocycles. The minimum Gasteiger partial charge on any atom is -0.450 e. The van der Waals surface area contributed by atoms with Crippen LogP contribution in [0.3, 0.4) is 0 Å². The van der Waals surface area contributed by atoms with Gasteiger partial charge in [0, 0.05) is 19.1 Å². The van der Waals surface area contributed by atoms with Crippen LogP contribution < -0.4 is 10.0 Å². The van der Waals surface area contributed by atoms with Crippen LogP contribution in [0.1, 0.15) is 33.1 Å². The SMILES string of the molecule is CCCS(=O)(=O)Nc1ccc(NC2CCN(C(=O)OCC)CC2)nc1. The maximum absolute atomic E-state index is 11.7. The summed E-state index contributed by atoms with van der Waals surface area (Å²) in [5.74, 6) is 0.777. The predicted molar refractivity (Wildman–Crippen MR) is 97.2 cm³/mol. The maximum atomic E-state index is 11.7. The third-order valence-electron chi connectivity index (χ3n) is 3.88. The number of hydrogen-bond acceptors (Lipinski definition) is 6. The highest BCUT2D eigenvalue weighted by Gasteiger charge is 2.23. The summed E-state index contributed by atoms with van der Waals surface area (Å²) in [6.07, 6.45) is 3.43. The molecule has 0 unspecified atom stereocenters. The Bertz CT molecular complexity index is 655. The fraction of sp³-hybridized carbons (Fsp3) is 0.625. The van der Waals surface area contributed by atoms with Crippen LogP contribution in [0.4, 0.5) is 16.3 Å². The van der Waals surface area contributed by atoms with Gasteiger partial charge in [0.1, 0.15) is 5.82 Å². The third kappa shape index (κ3) is 6.08. The molecular formula is C16H26N4O4S. The van der Waals surface area contributed by atoms with E-state index in [1.54, 1.807) is 24.0 Å². The zero-order valence-electron chi connectivity index (χ0n) is 14.7. The van der Waals surface area contributed by atoms with Gasteiger partial charge in [-0.05, 0) is 38.3 Å². The summed E-state index contributed by atoms with van der Waals surface area (Å²) in [6, 6.07) is 3.67. The van der Waals surface area contributed by atoms with Crippen molar-refractivity contribution in [3.05, 3.63) is 18.3 Å². The number of ether oxygens (including phenoxy) is 1. The summed E-state index contributed by atoms with van der Waals surface area (Å²) in [5.41, 5.74) is 0.455. The van der Waals surface area contributed by atoms with E-state index in [1.807, 2.05) is 6.92 Å². The van der Waals surface area contributed by atoms with E-state index in [2.05, 4.69) is 15.0 Å². The molecule has 9 heteroatoms. The molecule has 25 heavy (non-hydrogen) atoms. The van der Waals surface area contributed by atoms with Crippen LogP contribution in [0.25, 0.3) is 0 Å². The van der Waals surface area contributed by atoms with Crippen LogP contribution in [0, 0.1) is 0 Å². The number of nitrogens with one attached hydrogen (secondary N) is 2. The molecule has 1 aliphatic rings. The van der Waals surface area contributed by atoms with Crippen LogP contribution >= 0.6 is 0 Å². The van der Waals surface area contributed by atoms with Gasteiger partial charge in [-0.25, -0.2) is 18.2 Å². The maximum Gasteiger partial charge on any atom is 0.409 e. The van der Waals surface area contributed by atoms with Gasteiger partial charge in [0.2, 0.25) is 10.0 Å². The number of pyridine rings is 1. The van der Waals surface area contributed by atoms with Crippen molar-refractivity contribution in [2.45, 2.75) is 39.2 Å². The quantitative estimate of drug-likeness (QED) is 0.764. The Morgan fingerprint density at radius 1 is 1.32 bits per heavy atom. The molecule has 0 aliphatic carbocycles. The van der Waals surface area contributed by atoms with E-state index in [0.29, 0.717) is 37.6 Å². The molecule has 0 radical (unpaired) electrons. The topological polar surface area (TPSA) is 101 Å². The number of rotatable bonds is 7.